The van der Waals surface area contributed by atoms with Gasteiger partial charge in [0.1, 0.15) is 12.0 Å². The van der Waals surface area contributed by atoms with Gasteiger partial charge >= 0.3 is 0 Å². The van der Waals surface area contributed by atoms with E-state index in [4.69, 9.17) is 20.8 Å². The van der Waals surface area contributed by atoms with Crippen LogP contribution in [0.4, 0.5) is 5.69 Å². The number of hydrogen-bond acceptors (Lipinski definition) is 3. The van der Waals surface area contributed by atoms with Gasteiger partial charge in [-0.25, -0.2) is 0 Å². The third-order valence-electron chi connectivity index (χ3n) is 2.51. The summed E-state index contributed by atoms with van der Waals surface area (Å²) in [6.45, 7) is 1.86. The summed E-state index contributed by atoms with van der Waals surface area (Å²) in [4.78, 5) is 11.9. The number of furan rings is 1. The first-order valence-electron chi connectivity index (χ1n) is 5.29. The Morgan fingerprint density at radius 3 is 2.83 bits per heavy atom. The summed E-state index contributed by atoms with van der Waals surface area (Å²) in [7, 11) is 1.52. The Hall–Kier alpha value is -1.94. The van der Waals surface area contributed by atoms with Crippen LogP contribution in [0.3, 0.4) is 0 Å². The first kappa shape index (κ1) is 12.5. The number of aryl methyl sites for hydroxylation is 1. The molecule has 0 fully saturated rings. The minimum Gasteiger partial charge on any atom is -0.495 e. The molecule has 5 heteroatoms. The van der Waals surface area contributed by atoms with Gasteiger partial charge in [-0.05, 0) is 24.6 Å². The number of methoxy groups -OCH3 is 1. The fourth-order valence-corrected chi connectivity index (χ4v) is 1.67. The summed E-state index contributed by atoms with van der Waals surface area (Å²) in [5, 5.41) is 3.34. The molecule has 0 aliphatic rings. The molecule has 0 unspecified atom stereocenters. The molecule has 0 saturated heterocycles. The molecule has 0 bridgehead atoms. The fraction of sp³-hybridized carbons (Fsp3) is 0.154. The summed E-state index contributed by atoms with van der Waals surface area (Å²) in [6, 6.07) is 5.02. The van der Waals surface area contributed by atoms with Crippen LogP contribution >= 0.6 is 11.6 Å². The zero-order valence-electron chi connectivity index (χ0n) is 9.99. The van der Waals surface area contributed by atoms with Gasteiger partial charge in [0.25, 0.3) is 5.91 Å². The molecule has 0 saturated carbocycles. The highest BCUT2D eigenvalue weighted by atomic mass is 35.5. The maximum absolute atomic E-state index is 11.9. The molecule has 94 valence electrons. The Labute approximate surface area is 110 Å². The highest BCUT2D eigenvalue weighted by Gasteiger charge is 2.12. The van der Waals surface area contributed by atoms with Crippen LogP contribution in [0.5, 0.6) is 5.75 Å². The van der Waals surface area contributed by atoms with E-state index in [1.807, 2.05) is 6.92 Å². The van der Waals surface area contributed by atoms with Gasteiger partial charge in [0.15, 0.2) is 0 Å². The molecule has 1 aromatic carbocycles. The molecule has 18 heavy (non-hydrogen) atoms. The van der Waals surface area contributed by atoms with Crippen LogP contribution in [0.1, 0.15) is 15.9 Å². The molecule has 4 nitrogen and oxygen atoms in total. The van der Waals surface area contributed by atoms with Crippen molar-refractivity contribution < 1.29 is 13.9 Å². The molecule has 2 rings (SSSR count). The molecular formula is C13H12ClNO3. The van der Waals surface area contributed by atoms with E-state index in [1.54, 1.807) is 18.2 Å². The van der Waals surface area contributed by atoms with Crippen molar-refractivity contribution >= 4 is 23.2 Å². The molecule has 1 N–H and O–H groups in total. The van der Waals surface area contributed by atoms with Crippen molar-refractivity contribution in [3.05, 3.63) is 46.9 Å². The molecule has 0 aliphatic carbocycles. The third kappa shape index (κ3) is 2.49. The molecule has 2 aromatic rings. The smallest absolute Gasteiger partial charge is 0.259 e. The van der Waals surface area contributed by atoms with Gasteiger partial charge < -0.3 is 14.5 Å². The van der Waals surface area contributed by atoms with Crippen molar-refractivity contribution in [2.75, 3.05) is 12.4 Å². The number of carbonyl (C=O) groups excluding carboxylic acids is 1. The number of rotatable bonds is 3. The second-order valence-electron chi connectivity index (χ2n) is 3.77. The number of carbonyl (C=O) groups is 1. The van der Waals surface area contributed by atoms with Gasteiger partial charge in [0.2, 0.25) is 0 Å². The highest BCUT2D eigenvalue weighted by molar-refractivity contribution is 6.31. The zero-order chi connectivity index (χ0) is 13.1. The van der Waals surface area contributed by atoms with Crippen molar-refractivity contribution in [1.29, 1.82) is 0 Å². The van der Waals surface area contributed by atoms with Gasteiger partial charge in [-0.1, -0.05) is 11.6 Å². The zero-order valence-corrected chi connectivity index (χ0v) is 10.7. The lowest BCUT2D eigenvalue weighted by molar-refractivity contribution is 0.102. The fourth-order valence-electron chi connectivity index (χ4n) is 1.52. The van der Waals surface area contributed by atoms with E-state index in [0.29, 0.717) is 22.0 Å². The molecule has 1 heterocycles. The number of benzene rings is 1. The molecule has 0 aliphatic heterocycles. The van der Waals surface area contributed by atoms with Gasteiger partial charge in [0, 0.05) is 11.1 Å². The Morgan fingerprint density at radius 1 is 1.44 bits per heavy atom. The number of hydrogen-bond donors (Lipinski definition) is 1. The SMILES string of the molecule is COc1cc(Cl)c(C)cc1NC(=O)c1ccoc1. The summed E-state index contributed by atoms with van der Waals surface area (Å²) in [6.07, 6.45) is 2.82. The summed E-state index contributed by atoms with van der Waals surface area (Å²) >= 11 is 5.99. The monoisotopic (exact) mass is 265 g/mol. The van der Waals surface area contributed by atoms with Gasteiger partial charge in [-0.15, -0.1) is 0 Å². The van der Waals surface area contributed by atoms with Crippen molar-refractivity contribution in [1.82, 2.24) is 0 Å². The van der Waals surface area contributed by atoms with E-state index >= 15 is 0 Å². The lowest BCUT2D eigenvalue weighted by Crippen LogP contribution is -2.11. The van der Waals surface area contributed by atoms with Crippen molar-refractivity contribution in [2.45, 2.75) is 6.92 Å². The predicted octanol–water partition coefficient (Wildman–Crippen LogP) is 3.50. The molecule has 1 aromatic heterocycles. The van der Waals surface area contributed by atoms with Gasteiger partial charge in [-0.2, -0.15) is 0 Å². The maximum atomic E-state index is 11.9. The quantitative estimate of drug-likeness (QED) is 0.924. The first-order chi connectivity index (χ1) is 8.61. The van der Waals surface area contributed by atoms with E-state index in [9.17, 15) is 4.79 Å². The lowest BCUT2D eigenvalue weighted by atomic mass is 10.2. The number of anilines is 1. The van der Waals surface area contributed by atoms with Crippen molar-refractivity contribution in [2.24, 2.45) is 0 Å². The van der Waals surface area contributed by atoms with Crippen LogP contribution in [0.25, 0.3) is 0 Å². The minimum atomic E-state index is -0.260. The molecular weight excluding hydrogens is 254 g/mol. The third-order valence-corrected chi connectivity index (χ3v) is 2.92. The molecule has 0 radical (unpaired) electrons. The normalized spacial score (nSPS) is 10.2. The summed E-state index contributed by atoms with van der Waals surface area (Å²) in [5.41, 5.74) is 1.88. The first-order valence-corrected chi connectivity index (χ1v) is 5.67. The topological polar surface area (TPSA) is 51.5 Å². The molecule has 0 atom stereocenters. The molecule has 1 amide bonds. The average Bonchev–Trinajstić information content (AvgIpc) is 2.87. The van der Waals surface area contributed by atoms with E-state index < -0.39 is 0 Å². The van der Waals surface area contributed by atoms with Crippen LogP contribution < -0.4 is 10.1 Å². The average molecular weight is 266 g/mol. The maximum Gasteiger partial charge on any atom is 0.259 e. The summed E-state index contributed by atoms with van der Waals surface area (Å²) < 4.78 is 10.0. The second kappa shape index (κ2) is 5.14. The van der Waals surface area contributed by atoms with E-state index in [2.05, 4.69) is 5.32 Å². The number of amides is 1. The van der Waals surface area contributed by atoms with Crippen molar-refractivity contribution in [3.63, 3.8) is 0 Å². The Balaban J connectivity index is 2.28. The lowest BCUT2D eigenvalue weighted by Gasteiger charge is -2.11. The van der Waals surface area contributed by atoms with Crippen LogP contribution in [0.2, 0.25) is 5.02 Å². The van der Waals surface area contributed by atoms with E-state index in [1.165, 1.54) is 19.6 Å². The number of nitrogens with one attached hydrogen (secondary N) is 1. The van der Waals surface area contributed by atoms with Crippen molar-refractivity contribution in [3.8, 4) is 5.75 Å². The van der Waals surface area contributed by atoms with Crippen LogP contribution in [0.15, 0.2) is 35.1 Å². The second-order valence-corrected chi connectivity index (χ2v) is 4.18. The van der Waals surface area contributed by atoms with E-state index in [-0.39, 0.29) is 5.91 Å². The molecule has 0 spiro atoms. The van der Waals surface area contributed by atoms with E-state index in [0.717, 1.165) is 5.56 Å². The Kier molecular flexibility index (Phi) is 3.58. The van der Waals surface area contributed by atoms with Crippen LogP contribution in [0, 0.1) is 6.92 Å². The number of halogens is 1. The Morgan fingerprint density at radius 2 is 2.22 bits per heavy atom. The minimum absolute atomic E-state index is 0.260. The largest absolute Gasteiger partial charge is 0.495 e. The van der Waals surface area contributed by atoms with Crippen LogP contribution in [-0.2, 0) is 0 Å². The standard InChI is InChI=1S/C13H12ClNO3/c1-8-5-11(12(17-2)6-10(8)14)15-13(16)9-3-4-18-7-9/h3-7H,1-2H3,(H,15,16). The van der Waals surface area contributed by atoms with Crippen LogP contribution in [-0.4, -0.2) is 13.0 Å². The highest BCUT2D eigenvalue weighted by Crippen LogP contribution is 2.31. The Bertz CT molecular complexity index is 564. The van der Waals surface area contributed by atoms with Gasteiger partial charge in [0.05, 0.1) is 24.6 Å². The number of ether oxygens (including phenoxy) is 1. The van der Waals surface area contributed by atoms with Gasteiger partial charge in [-0.3, -0.25) is 4.79 Å². The summed E-state index contributed by atoms with van der Waals surface area (Å²) in [5.74, 6) is 0.256. The predicted molar refractivity (Wildman–Crippen MR) is 69.4 cm³/mol.